The predicted octanol–water partition coefficient (Wildman–Crippen LogP) is 0.299. The van der Waals surface area contributed by atoms with Gasteiger partial charge < -0.3 is 15.3 Å². The second-order valence-electron chi connectivity index (χ2n) is 4.10. The average Bonchev–Trinajstić information content (AvgIpc) is 2.87. The van der Waals surface area contributed by atoms with E-state index in [1.54, 1.807) is 0 Å². The van der Waals surface area contributed by atoms with Crippen molar-refractivity contribution < 1.29 is 5.11 Å². The van der Waals surface area contributed by atoms with Gasteiger partial charge in [-0.05, 0) is 32.4 Å². The van der Waals surface area contributed by atoms with Crippen molar-refractivity contribution >= 4 is 0 Å². The quantitative estimate of drug-likeness (QED) is 0.600. The highest BCUT2D eigenvalue weighted by Crippen LogP contribution is 2.29. The van der Waals surface area contributed by atoms with Gasteiger partial charge in [0, 0.05) is 19.1 Å². The van der Waals surface area contributed by atoms with Gasteiger partial charge in [0.2, 0.25) is 0 Å². The summed E-state index contributed by atoms with van der Waals surface area (Å²) < 4.78 is 0. The summed E-state index contributed by atoms with van der Waals surface area (Å²) in [4.78, 5) is 2.32. The third kappa shape index (κ3) is 4.60. The first kappa shape index (κ1) is 11.0. The third-order valence-electron chi connectivity index (χ3n) is 2.51. The fraction of sp³-hybridized carbons (Fsp3) is 1.00. The maximum atomic E-state index is 9.07. The van der Waals surface area contributed by atoms with Gasteiger partial charge in [-0.3, -0.25) is 0 Å². The summed E-state index contributed by atoms with van der Waals surface area (Å²) in [6, 6.07) is 0.244. The Morgan fingerprint density at radius 2 is 2.23 bits per heavy atom. The highest BCUT2D eigenvalue weighted by Gasteiger charge is 2.23. The van der Waals surface area contributed by atoms with Crippen molar-refractivity contribution in [2.24, 2.45) is 5.92 Å². The molecular formula is C10H22N2O. The van der Waals surface area contributed by atoms with Crippen LogP contribution in [0.1, 0.15) is 19.8 Å². The molecule has 13 heavy (non-hydrogen) atoms. The lowest BCUT2D eigenvalue weighted by Crippen LogP contribution is -2.42. The first-order valence-electron chi connectivity index (χ1n) is 5.29. The van der Waals surface area contributed by atoms with Crippen LogP contribution in [0.2, 0.25) is 0 Å². The smallest absolute Gasteiger partial charge is 0.0597 e. The lowest BCUT2D eigenvalue weighted by molar-refractivity contribution is 0.197. The summed E-state index contributed by atoms with van der Waals surface area (Å²) in [7, 11) is 2.14. The monoisotopic (exact) mass is 186 g/mol. The van der Waals surface area contributed by atoms with E-state index in [0.29, 0.717) is 0 Å². The molecule has 0 heterocycles. The van der Waals surface area contributed by atoms with Crippen molar-refractivity contribution in [2.75, 3.05) is 33.3 Å². The fourth-order valence-electron chi connectivity index (χ4n) is 1.67. The molecule has 1 aliphatic carbocycles. The zero-order valence-electron chi connectivity index (χ0n) is 8.79. The number of rotatable bonds is 7. The second kappa shape index (κ2) is 5.58. The Morgan fingerprint density at radius 3 is 2.69 bits per heavy atom. The summed E-state index contributed by atoms with van der Waals surface area (Å²) in [5, 5.41) is 12.3. The van der Waals surface area contributed by atoms with Gasteiger partial charge in [0.15, 0.2) is 0 Å². The van der Waals surface area contributed by atoms with E-state index in [2.05, 4.69) is 24.2 Å². The van der Waals surface area contributed by atoms with Crippen LogP contribution in [0.5, 0.6) is 0 Å². The Balaban J connectivity index is 2.10. The molecule has 0 aromatic heterocycles. The van der Waals surface area contributed by atoms with Crippen LogP contribution in [-0.4, -0.2) is 49.3 Å². The van der Waals surface area contributed by atoms with Gasteiger partial charge in [0.05, 0.1) is 6.61 Å². The molecule has 0 aromatic carbocycles. The zero-order chi connectivity index (χ0) is 9.68. The molecule has 1 atom stereocenters. The highest BCUT2D eigenvalue weighted by molar-refractivity contribution is 4.78. The standard InChI is InChI=1S/C10H22N2O/c1-3-11-10(8-13)7-12(2)6-9-4-5-9/h9-11,13H,3-8H2,1-2H3. The summed E-state index contributed by atoms with van der Waals surface area (Å²) in [6.45, 7) is 5.40. The molecule has 3 heteroatoms. The van der Waals surface area contributed by atoms with Crippen molar-refractivity contribution in [3.8, 4) is 0 Å². The molecule has 78 valence electrons. The minimum absolute atomic E-state index is 0.239. The fourth-order valence-corrected chi connectivity index (χ4v) is 1.67. The first-order valence-corrected chi connectivity index (χ1v) is 5.29. The van der Waals surface area contributed by atoms with Gasteiger partial charge in [-0.15, -0.1) is 0 Å². The Bertz CT molecular complexity index is 137. The number of nitrogens with zero attached hydrogens (tertiary/aromatic N) is 1. The Kier molecular flexibility index (Phi) is 4.70. The minimum atomic E-state index is 0.239. The van der Waals surface area contributed by atoms with Crippen LogP contribution >= 0.6 is 0 Å². The molecule has 0 bridgehead atoms. The Hall–Kier alpha value is -0.120. The molecule has 0 saturated heterocycles. The molecule has 0 aliphatic heterocycles. The molecule has 0 spiro atoms. The maximum absolute atomic E-state index is 9.07. The summed E-state index contributed by atoms with van der Waals surface area (Å²) in [5.41, 5.74) is 0. The van der Waals surface area contributed by atoms with Crippen LogP contribution in [0, 0.1) is 5.92 Å². The highest BCUT2D eigenvalue weighted by atomic mass is 16.3. The number of aliphatic hydroxyl groups is 1. The molecule has 2 N–H and O–H groups in total. The molecule has 1 rings (SSSR count). The Morgan fingerprint density at radius 1 is 1.54 bits per heavy atom. The minimum Gasteiger partial charge on any atom is -0.395 e. The van der Waals surface area contributed by atoms with E-state index >= 15 is 0 Å². The lowest BCUT2D eigenvalue weighted by Gasteiger charge is -2.22. The molecule has 3 nitrogen and oxygen atoms in total. The number of hydrogen-bond donors (Lipinski definition) is 2. The van der Waals surface area contributed by atoms with E-state index in [1.807, 2.05) is 0 Å². The first-order chi connectivity index (χ1) is 6.26. The summed E-state index contributed by atoms with van der Waals surface area (Å²) in [6.07, 6.45) is 2.80. The van der Waals surface area contributed by atoms with Crippen LogP contribution in [0.4, 0.5) is 0 Å². The summed E-state index contributed by atoms with van der Waals surface area (Å²) >= 11 is 0. The van der Waals surface area contributed by atoms with Crippen LogP contribution in [0.3, 0.4) is 0 Å². The van der Waals surface area contributed by atoms with E-state index < -0.39 is 0 Å². The van der Waals surface area contributed by atoms with Gasteiger partial charge in [-0.25, -0.2) is 0 Å². The number of hydrogen-bond acceptors (Lipinski definition) is 3. The molecule has 0 amide bonds. The zero-order valence-corrected chi connectivity index (χ0v) is 8.79. The molecule has 1 unspecified atom stereocenters. The largest absolute Gasteiger partial charge is 0.395 e. The van der Waals surface area contributed by atoms with E-state index in [4.69, 9.17) is 5.11 Å². The van der Waals surface area contributed by atoms with E-state index in [0.717, 1.165) is 19.0 Å². The van der Waals surface area contributed by atoms with Crippen molar-refractivity contribution in [1.82, 2.24) is 10.2 Å². The van der Waals surface area contributed by atoms with Crippen molar-refractivity contribution in [2.45, 2.75) is 25.8 Å². The van der Waals surface area contributed by atoms with Crippen LogP contribution in [-0.2, 0) is 0 Å². The topological polar surface area (TPSA) is 35.5 Å². The van der Waals surface area contributed by atoms with Gasteiger partial charge in [-0.2, -0.15) is 0 Å². The van der Waals surface area contributed by atoms with Crippen molar-refractivity contribution in [3.05, 3.63) is 0 Å². The van der Waals surface area contributed by atoms with Gasteiger partial charge in [0.25, 0.3) is 0 Å². The van der Waals surface area contributed by atoms with E-state index in [1.165, 1.54) is 19.4 Å². The van der Waals surface area contributed by atoms with Gasteiger partial charge in [-0.1, -0.05) is 6.92 Å². The molecule has 1 saturated carbocycles. The summed E-state index contributed by atoms with van der Waals surface area (Å²) in [5.74, 6) is 0.936. The second-order valence-corrected chi connectivity index (χ2v) is 4.10. The lowest BCUT2D eigenvalue weighted by atomic mass is 10.2. The van der Waals surface area contributed by atoms with Crippen molar-refractivity contribution in [1.29, 1.82) is 0 Å². The molecule has 1 fully saturated rings. The van der Waals surface area contributed by atoms with Crippen LogP contribution in [0.25, 0.3) is 0 Å². The van der Waals surface area contributed by atoms with Crippen LogP contribution in [0.15, 0.2) is 0 Å². The average molecular weight is 186 g/mol. The SMILES string of the molecule is CCNC(CO)CN(C)CC1CC1. The number of likely N-dealkylation sites (N-methyl/N-ethyl adjacent to an activating group) is 2. The van der Waals surface area contributed by atoms with Crippen molar-refractivity contribution in [3.63, 3.8) is 0 Å². The van der Waals surface area contributed by atoms with E-state index in [9.17, 15) is 0 Å². The van der Waals surface area contributed by atoms with E-state index in [-0.39, 0.29) is 12.6 Å². The molecule has 0 radical (unpaired) electrons. The third-order valence-corrected chi connectivity index (χ3v) is 2.51. The molecule has 1 aliphatic rings. The van der Waals surface area contributed by atoms with Crippen LogP contribution < -0.4 is 5.32 Å². The maximum Gasteiger partial charge on any atom is 0.0597 e. The number of nitrogens with one attached hydrogen (secondary N) is 1. The molecule has 0 aromatic rings. The van der Waals surface area contributed by atoms with Gasteiger partial charge in [0.1, 0.15) is 0 Å². The molecular weight excluding hydrogens is 164 g/mol. The number of aliphatic hydroxyl groups excluding tert-OH is 1. The predicted molar refractivity (Wildman–Crippen MR) is 54.8 cm³/mol. The normalized spacial score (nSPS) is 19.4. The Labute approximate surface area is 81.1 Å². The van der Waals surface area contributed by atoms with Gasteiger partial charge >= 0.3 is 0 Å².